The van der Waals surface area contributed by atoms with E-state index in [-0.39, 0.29) is 0 Å². The first-order valence-electron chi connectivity index (χ1n) is 5.73. The Hall–Kier alpha value is -1.51. The van der Waals surface area contributed by atoms with Gasteiger partial charge in [-0.15, -0.1) is 0 Å². The third-order valence-electron chi connectivity index (χ3n) is 3.32. The van der Waals surface area contributed by atoms with Crippen molar-refractivity contribution in [1.82, 2.24) is 0 Å². The van der Waals surface area contributed by atoms with E-state index in [1.54, 1.807) is 0 Å². The van der Waals surface area contributed by atoms with Gasteiger partial charge in [-0.1, -0.05) is 25.1 Å². The lowest BCUT2D eigenvalue weighted by Gasteiger charge is -2.14. The lowest BCUT2D eigenvalue weighted by atomic mass is 10.1. The number of hydrogen-bond acceptors (Lipinski definition) is 2. The molecule has 0 spiro atoms. The van der Waals surface area contributed by atoms with Crippen LogP contribution in [-0.4, -0.2) is 17.6 Å². The molecular weight excluding hydrogens is 202 g/mol. The lowest BCUT2D eigenvalue weighted by molar-refractivity contribution is -0.142. The first kappa shape index (κ1) is 11.0. The molecule has 3 nitrogen and oxygen atoms in total. The highest BCUT2D eigenvalue weighted by atomic mass is 16.4. The van der Waals surface area contributed by atoms with Crippen LogP contribution in [0.4, 0.5) is 5.69 Å². The summed E-state index contributed by atoms with van der Waals surface area (Å²) in [4.78, 5) is 11.0. The van der Waals surface area contributed by atoms with Gasteiger partial charge in [0.2, 0.25) is 0 Å². The number of aryl methyl sites for hydroxylation is 1. The Balaban J connectivity index is 2.02. The molecule has 0 aromatic heterocycles. The Morgan fingerprint density at radius 2 is 2.12 bits per heavy atom. The van der Waals surface area contributed by atoms with E-state index in [9.17, 15) is 4.79 Å². The average molecular weight is 219 g/mol. The van der Waals surface area contributed by atoms with Crippen LogP contribution >= 0.6 is 0 Å². The summed E-state index contributed by atoms with van der Waals surface area (Å²) in [6.45, 7) is 2.64. The molecular formula is C13H17NO2. The highest BCUT2D eigenvalue weighted by Crippen LogP contribution is 2.45. The van der Waals surface area contributed by atoms with Gasteiger partial charge in [0.05, 0.1) is 5.41 Å². The molecule has 0 unspecified atom stereocenters. The molecule has 0 saturated heterocycles. The van der Waals surface area contributed by atoms with Crippen molar-refractivity contribution in [3.8, 4) is 0 Å². The number of carbonyl (C=O) groups is 1. The van der Waals surface area contributed by atoms with Crippen molar-refractivity contribution in [3.05, 3.63) is 29.8 Å². The summed E-state index contributed by atoms with van der Waals surface area (Å²) in [7, 11) is 0. The summed E-state index contributed by atoms with van der Waals surface area (Å²) in [6, 6.07) is 8.06. The smallest absolute Gasteiger partial charge is 0.311 e. The van der Waals surface area contributed by atoms with E-state index in [1.807, 2.05) is 18.2 Å². The number of carboxylic acids is 1. The van der Waals surface area contributed by atoms with E-state index in [2.05, 4.69) is 18.3 Å². The second-order valence-corrected chi connectivity index (χ2v) is 4.45. The van der Waals surface area contributed by atoms with Gasteiger partial charge in [-0.3, -0.25) is 4.79 Å². The van der Waals surface area contributed by atoms with E-state index in [4.69, 9.17) is 5.11 Å². The van der Waals surface area contributed by atoms with Gasteiger partial charge in [-0.05, 0) is 30.9 Å². The van der Waals surface area contributed by atoms with Crippen molar-refractivity contribution in [2.45, 2.75) is 26.2 Å². The van der Waals surface area contributed by atoms with Crippen LogP contribution in [0.1, 0.15) is 25.3 Å². The predicted octanol–water partition coefficient (Wildman–Crippen LogP) is 2.53. The van der Waals surface area contributed by atoms with Crippen LogP contribution in [0, 0.1) is 5.41 Å². The Bertz CT molecular complexity index is 397. The molecule has 0 heterocycles. The Morgan fingerprint density at radius 3 is 2.69 bits per heavy atom. The molecule has 1 aliphatic carbocycles. The van der Waals surface area contributed by atoms with Crippen LogP contribution in [0.25, 0.3) is 0 Å². The van der Waals surface area contributed by atoms with Crippen LogP contribution in [0.15, 0.2) is 24.3 Å². The number of nitrogens with one attached hydrogen (secondary N) is 1. The molecule has 16 heavy (non-hydrogen) atoms. The maximum Gasteiger partial charge on any atom is 0.311 e. The van der Waals surface area contributed by atoms with Gasteiger partial charge in [0.25, 0.3) is 0 Å². The third-order valence-corrected chi connectivity index (χ3v) is 3.32. The van der Waals surface area contributed by atoms with Crippen molar-refractivity contribution >= 4 is 11.7 Å². The van der Waals surface area contributed by atoms with E-state index in [0.29, 0.717) is 6.54 Å². The highest BCUT2D eigenvalue weighted by molar-refractivity contribution is 5.78. The van der Waals surface area contributed by atoms with Gasteiger partial charge >= 0.3 is 5.97 Å². The summed E-state index contributed by atoms with van der Waals surface area (Å²) in [5.41, 5.74) is 1.81. The molecule has 2 rings (SSSR count). The van der Waals surface area contributed by atoms with Crippen LogP contribution < -0.4 is 5.32 Å². The van der Waals surface area contributed by atoms with Gasteiger partial charge in [-0.25, -0.2) is 0 Å². The van der Waals surface area contributed by atoms with Gasteiger partial charge < -0.3 is 10.4 Å². The minimum atomic E-state index is -0.672. The van der Waals surface area contributed by atoms with Gasteiger partial charge in [0, 0.05) is 12.2 Å². The highest BCUT2D eigenvalue weighted by Gasteiger charge is 2.50. The van der Waals surface area contributed by atoms with E-state index < -0.39 is 11.4 Å². The second kappa shape index (κ2) is 4.16. The molecule has 0 radical (unpaired) electrons. The maximum atomic E-state index is 11.0. The molecule has 0 amide bonds. The van der Waals surface area contributed by atoms with Crippen molar-refractivity contribution in [2.75, 3.05) is 11.9 Å². The zero-order valence-electron chi connectivity index (χ0n) is 9.49. The Morgan fingerprint density at radius 1 is 1.44 bits per heavy atom. The first-order chi connectivity index (χ1) is 7.68. The predicted molar refractivity (Wildman–Crippen MR) is 63.6 cm³/mol. The molecule has 0 bridgehead atoms. The molecule has 2 N–H and O–H groups in total. The number of rotatable bonds is 5. The standard InChI is InChI=1S/C13H17NO2/c1-2-10-5-3-4-6-11(10)14-9-13(7-8-13)12(15)16/h3-6,14H,2,7-9H2,1H3,(H,15,16). The first-order valence-corrected chi connectivity index (χ1v) is 5.73. The SMILES string of the molecule is CCc1ccccc1NCC1(C(=O)O)CC1. The Labute approximate surface area is 95.5 Å². The minimum Gasteiger partial charge on any atom is -0.481 e. The maximum absolute atomic E-state index is 11.0. The summed E-state index contributed by atoms with van der Waals surface area (Å²) in [6.07, 6.45) is 2.55. The van der Waals surface area contributed by atoms with Crippen LogP contribution in [0.2, 0.25) is 0 Å². The zero-order chi connectivity index (χ0) is 11.6. The molecule has 1 aromatic carbocycles. The largest absolute Gasteiger partial charge is 0.481 e. The lowest BCUT2D eigenvalue weighted by Crippen LogP contribution is -2.24. The van der Waals surface area contributed by atoms with Gasteiger partial charge in [0.15, 0.2) is 0 Å². The number of carboxylic acid groups (broad SMARTS) is 1. The monoisotopic (exact) mass is 219 g/mol. The third kappa shape index (κ3) is 2.03. The van der Waals surface area contributed by atoms with Gasteiger partial charge in [0.1, 0.15) is 0 Å². The van der Waals surface area contributed by atoms with Gasteiger partial charge in [-0.2, -0.15) is 0 Å². The summed E-state index contributed by atoms with van der Waals surface area (Å²) >= 11 is 0. The topological polar surface area (TPSA) is 49.3 Å². The normalized spacial score (nSPS) is 16.8. The fourth-order valence-corrected chi connectivity index (χ4v) is 1.88. The zero-order valence-corrected chi connectivity index (χ0v) is 9.49. The molecule has 1 aromatic rings. The number of hydrogen-bond donors (Lipinski definition) is 2. The molecule has 0 aliphatic heterocycles. The van der Waals surface area contributed by atoms with Crippen molar-refractivity contribution in [3.63, 3.8) is 0 Å². The average Bonchev–Trinajstić information content (AvgIpc) is 3.08. The van der Waals surface area contributed by atoms with Crippen LogP contribution in [-0.2, 0) is 11.2 Å². The summed E-state index contributed by atoms with van der Waals surface area (Å²) in [5, 5.41) is 12.3. The van der Waals surface area contributed by atoms with Crippen LogP contribution in [0.3, 0.4) is 0 Å². The van der Waals surface area contributed by atoms with Crippen molar-refractivity contribution < 1.29 is 9.90 Å². The molecule has 86 valence electrons. The molecule has 1 saturated carbocycles. The van der Waals surface area contributed by atoms with E-state index in [1.165, 1.54) is 5.56 Å². The van der Waals surface area contributed by atoms with E-state index in [0.717, 1.165) is 24.9 Å². The quantitative estimate of drug-likeness (QED) is 0.800. The molecule has 0 atom stereocenters. The van der Waals surface area contributed by atoms with E-state index >= 15 is 0 Å². The molecule has 1 fully saturated rings. The minimum absolute atomic E-state index is 0.499. The summed E-state index contributed by atoms with van der Waals surface area (Å²) in [5.74, 6) is -0.672. The molecule has 1 aliphatic rings. The molecule has 3 heteroatoms. The van der Waals surface area contributed by atoms with Crippen molar-refractivity contribution in [2.24, 2.45) is 5.41 Å². The van der Waals surface area contributed by atoms with Crippen molar-refractivity contribution in [1.29, 1.82) is 0 Å². The fraction of sp³-hybridized carbons (Fsp3) is 0.462. The number of anilines is 1. The fourth-order valence-electron chi connectivity index (χ4n) is 1.88. The number of para-hydroxylation sites is 1. The summed E-state index contributed by atoms with van der Waals surface area (Å²) < 4.78 is 0. The second-order valence-electron chi connectivity index (χ2n) is 4.45. The van der Waals surface area contributed by atoms with Crippen LogP contribution in [0.5, 0.6) is 0 Å². The number of benzene rings is 1. The Kier molecular flexibility index (Phi) is 2.86. The number of aliphatic carboxylic acids is 1.